The highest BCUT2D eigenvalue weighted by molar-refractivity contribution is 5.82. The Morgan fingerprint density at radius 1 is 0.735 bits per heavy atom. The van der Waals surface area contributed by atoms with E-state index < -0.39 is 55.0 Å². The summed E-state index contributed by atoms with van der Waals surface area (Å²) in [6.07, 6.45) is -1.59. The number of unbranched alkanes of at least 4 members (excludes halogenated alkanes) is 4. The monoisotopic (exact) mass is 696 g/mol. The molecule has 0 unspecified atom stereocenters. The lowest BCUT2D eigenvalue weighted by molar-refractivity contribution is -0.292. The van der Waals surface area contributed by atoms with Crippen molar-refractivity contribution in [2.75, 3.05) is 45.9 Å². The lowest BCUT2D eigenvalue weighted by Crippen LogP contribution is -2.57. The first-order chi connectivity index (χ1) is 23.5. The molecule has 0 aliphatic carbocycles. The van der Waals surface area contributed by atoms with Gasteiger partial charge < -0.3 is 50.6 Å². The van der Waals surface area contributed by atoms with Gasteiger partial charge in [0.15, 0.2) is 6.29 Å². The fourth-order valence-electron chi connectivity index (χ4n) is 4.91. The quantitative estimate of drug-likeness (QED) is 0.0531. The molecule has 16 heteroatoms. The summed E-state index contributed by atoms with van der Waals surface area (Å²) in [7, 11) is 0. The van der Waals surface area contributed by atoms with Gasteiger partial charge in [0.2, 0.25) is 17.7 Å². The zero-order valence-electron chi connectivity index (χ0n) is 28.1. The molecule has 1 heterocycles. The van der Waals surface area contributed by atoms with Crippen LogP contribution >= 0.6 is 0 Å². The third kappa shape index (κ3) is 18.1. The summed E-state index contributed by atoms with van der Waals surface area (Å²) in [4.78, 5) is 61.1. The van der Waals surface area contributed by atoms with Gasteiger partial charge in [0.05, 0.1) is 32.3 Å². The minimum atomic E-state index is -1.41. The van der Waals surface area contributed by atoms with Crippen LogP contribution in [0.1, 0.15) is 63.9 Å². The number of ether oxygens (including phenoxy) is 3. The number of carbonyl (C=O) groups is 5. The van der Waals surface area contributed by atoms with Crippen LogP contribution in [0.4, 0.5) is 0 Å². The second kappa shape index (κ2) is 23.6. The first-order valence-corrected chi connectivity index (χ1v) is 16.7. The van der Waals surface area contributed by atoms with E-state index in [1.54, 1.807) is 6.92 Å². The fourth-order valence-corrected chi connectivity index (χ4v) is 4.91. The van der Waals surface area contributed by atoms with E-state index in [9.17, 15) is 44.4 Å². The van der Waals surface area contributed by atoms with Crippen LogP contribution in [0, 0.1) is 0 Å². The Kier molecular flexibility index (Phi) is 20.0. The van der Waals surface area contributed by atoms with Crippen molar-refractivity contribution in [1.29, 1.82) is 0 Å². The Bertz CT molecular complexity index is 1160. The fraction of sp³-hybridized carbons (Fsp3) is 0.667. The molecule has 7 N–H and O–H groups in total. The van der Waals surface area contributed by atoms with Gasteiger partial charge in [0.1, 0.15) is 24.9 Å². The van der Waals surface area contributed by atoms with Crippen LogP contribution in [0.25, 0.3) is 0 Å². The molecule has 16 nitrogen and oxygen atoms in total. The third-order valence-corrected chi connectivity index (χ3v) is 7.63. The maximum absolute atomic E-state index is 12.4. The average molecular weight is 697 g/mol. The van der Waals surface area contributed by atoms with Gasteiger partial charge in [-0.1, -0.05) is 43.2 Å². The van der Waals surface area contributed by atoms with Crippen molar-refractivity contribution in [3.05, 3.63) is 35.9 Å². The van der Waals surface area contributed by atoms with Gasteiger partial charge in [-0.3, -0.25) is 28.9 Å². The first-order valence-electron chi connectivity index (χ1n) is 16.7. The Labute approximate surface area is 286 Å². The van der Waals surface area contributed by atoms with Crippen molar-refractivity contribution in [2.24, 2.45) is 0 Å². The number of aliphatic carboxylic acids is 1. The van der Waals surface area contributed by atoms with Crippen LogP contribution in [0.5, 0.6) is 0 Å². The molecule has 1 aromatic carbocycles. The van der Waals surface area contributed by atoms with Gasteiger partial charge in [-0.25, -0.2) is 0 Å². The number of carbonyl (C=O) groups excluding carboxylic acids is 4. The molecule has 2 rings (SSSR count). The molecular weight excluding hydrogens is 644 g/mol. The van der Waals surface area contributed by atoms with Gasteiger partial charge in [0, 0.05) is 32.5 Å². The number of esters is 1. The van der Waals surface area contributed by atoms with Gasteiger partial charge in [-0.05, 0) is 38.2 Å². The number of carboxylic acids is 1. The molecule has 0 saturated carbocycles. The summed E-state index contributed by atoms with van der Waals surface area (Å²) >= 11 is 0. The number of amides is 3. The molecule has 0 spiro atoms. The normalized spacial score (nSPS) is 20.4. The van der Waals surface area contributed by atoms with Crippen molar-refractivity contribution in [2.45, 2.75) is 95.6 Å². The van der Waals surface area contributed by atoms with Crippen LogP contribution < -0.4 is 16.0 Å². The maximum atomic E-state index is 12.4. The van der Waals surface area contributed by atoms with E-state index in [-0.39, 0.29) is 57.6 Å². The second-order valence-electron chi connectivity index (χ2n) is 11.9. The van der Waals surface area contributed by atoms with Crippen LogP contribution in [-0.4, -0.2) is 132 Å². The van der Waals surface area contributed by atoms with Gasteiger partial charge in [-0.2, -0.15) is 0 Å². The molecule has 3 amide bonds. The zero-order valence-corrected chi connectivity index (χ0v) is 28.1. The zero-order chi connectivity index (χ0) is 36.0. The molecule has 49 heavy (non-hydrogen) atoms. The van der Waals surface area contributed by atoms with E-state index in [4.69, 9.17) is 14.2 Å². The molecule has 0 aromatic heterocycles. The van der Waals surface area contributed by atoms with E-state index in [0.717, 1.165) is 5.56 Å². The summed E-state index contributed by atoms with van der Waals surface area (Å²) < 4.78 is 15.9. The minimum Gasteiger partial charge on any atom is -0.480 e. The molecule has 276 valence electrons. The highest BCUT2D eigenvalue weighted by Crippen LogP contribution is 2.21. The third-order valence-electron chi connectivity index (χ3n) is 7.63. The summed E-state index contributed by atoms with van der Waals surface area (Å²) in [5.41, 5.74) is 0.916. The number of nitrogens with zero attached hydrogens (tertiary/aromatic N) is 1. The number of aliphatic hydroxyl groups excluding tert-OH is 3. The van der Waals surface area contributed by atoms with Crippen molar-refractivity contribution in [3.8, 4) is 0 Å². The Morgan fingerprint density at radius 2 is 1.33 bits per heavy atom. The van der Waals surface area contributed by atoms with E-state index in [1.165, 1.54) is 4.90 Å². The second-order valence-corrected chi connectivity index (χ2v) is 11.9. The van der Waals surface area contributed by atoms with E-state index in [2.05, 4.69) is 16.0 Å². The molecular formula is C33H52N4O12. The summed E-state index contributed by atoms with van der Waals surface area (Å²) in [6.45, 7) is 1.63. The number of carboxylic acid groups (broad SMARTS) is 1. The smallest absolute Gasteiger partial charge is 0.317 e. The molecule has 1 aliphatic heterocycles. The van der Waals surface area contributed by atoms with Gasteiger partial charge in [-0.15, -0.1) is 0 Å². The predicted octanol–water partition coefficient (Wildman–Crippen LogP) is -0.570. The van der Waals surface area contributed by atoms with Crippen molar-refractivity contribution < 1.29 is 58.6 Å². The number of benzene rings is 1. The number of rotatable bonds is 24. The van der Waals surface area contributed by atoms with Crippen LogP contribution in [0.2, 0.25) is 0 Å². The molecule has 1 saturated heterocycles. The SMILES string of the molecule is C[C@@H]1O[C@@H](OCCNC(=O)CCCCCNC(=O)CN(CC(=O)O)CC(=O)NCCCCCC(=O)OCc2ccccc2)[C@@H](O)[C@H](O)[C@@H]1O. The molecule has 1 aromatic rings. The summed E-state index contributed by atoms with van der Waals surface area (Å²) in [5.74, 6) is -2.49. The van der Waals surface area contributed by atoms with Crippen LogP contribution in [-0.2, 0) is 44.8 Å². The topological polar surface area (TPSA) is 233 Å². The average Bonchev–Trinajstić information content (AvgIpc) is 3.06. The number of hydrogen-bond acceptors (Lipinski definition) is 12. The lowest BCUT2D eigenvalue weighted by Gasteiger charge is -2.38. The van der Waals surface area contributed by atoms with E-state index >= 15 is 0 Å². The van der Waals surface area contributed by atoms with Gasteiger partial charge >= 0.3 is 11.9 Å². The molecule has 1 fully saturated rings. The summed E-state index contributed by atoms with van der Waals surface area (Å²) in [5, 5.41) is 46.7. The van der Waals surface area contributed by atoms with Crippen molar-refractivity contribution in [3.63, 3.8) is 0 Å². The Hall–Kier alpha value is -3.67. The lowest BCUT2D eigenvalue weighted by atomic mass is 10.0. The molecule has 1 aliphatic rings. The largest absolute Gasteiger partial charge is 0.480 e. The van der Waals surface area contributed by atoms with Crippen LogP contribution in [0.15, 0.2) is 30.3 Å². The van der Waals surface area contributed by atoms with Crippen molar-refractivity contribution in [1.82, 2.24) is 20.9 Å². The molecule has 0 radical (unpaired) electrons. The first kappa shape index (κ1) is 41.5. The molecule has 0 bridgehead atoms. The molecule has 5 atom stereocenters. The minimum absolute atomic E-state index is 0.0329. The predicted molar refractivity (Wildman–Crippen MR) is 175 cm³/mol. The standard InChI is InChI=1S/C33H52N4O12/c1-23-30(44)31(45)32(46)33(49-23)47-18-17-36-25(38)13-7-3-9-15-34-26(39)19-37(21-28(41)42)20-27(40)35-16-10-4-8-14-29(43)48-22-24-11-5-2-6-12-24/h2,5-6,11-12,23,30-33,44-46H,3-4,7-10,13-22H2,1H3,(H,34,39)(H,35,40)(H,36,38)(H,41,42)/t23-,30+,31+,32-,33+/m0/s1. The Morgan fingerprint density at radius 3 is 1.94 bits per heavy atom. The number of aliphatic hydroxyl groups is 3. The van der Waals surface area contributed by atoms with E-state index in [0.29, 0.717) is 51.6 Å². The van der Waals surface area contributed by atoms with E-state index in [1.807, 2.05) is 30.3 Å². The number of hydrogen-bond donors (Lipinski definition) is 7. The Balaban J connectivity index is 1.49. The maximum Gasteiger partial charge on any atom is 0.317 e. The number of nitrogens with one attached hydrogen (secondary N) is 3. The highest BCUT2D eigenvalue weighted by atomic mass is 16.7. The highest BCUT2D eigenvalue weighted by Gasteiger charge is 2.42. The van der Waals surface area contributed by atoms with Crippen LogP contribution in [0.3, 0.4) is 0 Å². The summed E-state index contributed by atoms with van der Waals surface area (Å²) in [6, 6.07) is 9.39. The van der Waals surface area contributed by atoms with Crippen molar-refractivity contribution >= 4 is 29.7 Å². The van der Waals surface area contributed by atoms with Gasteiger partial charge in [0.25, 0.3) is 0 Å².